The predicted molar refractivity (Wildman–Crippen MR) is 119 cm³/mol. The molecule has 3 N–H and O–H groups in total. The maximum atomic E-state index is 14.2. The van der Waals surface area contributed by atoms with Gasteiger partial charge in [-0.25, -0.2) is 14.4 Å². The zero-order valence-electron chi connectivity index (χ0n) is 18.4. The molecule has 1 fully saturated rings. The van der Waals surface area contributed by atoms with Crippen LogP contribution in [0.15, 0.2) is 42.6 Å². The van der Waals surface area contributed by atoms with Gasteiger partial charge in [0, 0.05) is 23.1 Å². The maximum absolute atomic E-state index is 14.2. The van der Waals surface area contributed by atoms with Crippen molar-refractivity contribution in [3.63, 3.8) is 0 Å². The number of hydrogen-bond acceptors (Lipinski definition) is 5. The number of nitrogen functional groups attached to an aromatic ring is 1. The van der Waals surface area contributed by atoms with Crippen molar-refractivity contribution < 1.29 is 27.2 Å². The number of aryl methyl sites for hydroxylation is 1. The Balaban J connectivity index is 1.46. The molecule has 2 amide bonds. The SMILES string of the molecule is Cc1ccc(NC(=O)c2cc(C(F)(F)F)ccc2F)cc1N1Cc2cnc(N)nc2C2(CC2)C1=O. The zero-order valence-corrected chi connectivity index (χ0v) is 18.4. The number of carbonyl (C=O) groups is 2. The lowest BCUT2D eigenvalue weighted by atomic mass is 9.91. The Hall–Kier alpha value is -4.02. The molecule has 0 atom stereocenters. The molecular formula is C24H19F4N5O2. The third kappa shape index (κ3) is 3.86. The van der Waals surface area contributed by atoms with E-state index < -0.39 is 34.4 Å². The fourth-order valence-electron chi connectivity index (χ4n) is 4.37. The van der Waals surface area contributed by atoms with E-state index in [1.807, 2.05) is 0 Å². The Morgan fingerprint density at radius 2 is 1.91 bits per heavy atom. The van der Waals surface area contributed by atoms with Gasteiger partial charge in [-0.2, -0.15) is 13.2 Å². The van der Waals surface area contributed by atoms with Crippen molar-refractivity contribution in [1.82, 2.24) is 9.97 Å². The van der Waals surface area contributed by atoms with Crippen LogP contribution in [0.2, 0.25) is 0 Å². The monoisotopic (exact) mass is 485 g/mol. The Morgan fingerprint density at radius 3 is 2.60 bits per heavy atom. The van der Waals surface area contributed by atoms with Crippen LogP contribution < -0.4 is 16.0 Å². The van der Waals surface area contributed by atoms with E-state index in [9.17, 15) is 27.2 Å². The summed E-state index contributed by atoms with van der Waals surface area (Å²) in [4.78, 5) is 36.0. The van der Waals surface area contributed by atoms with Crippen molar-refractivity contribution >= 4 is 29.1 Å². The van der Waals surface area contributed by atoms with Gasteiger partial charge >= 0.3 is 6.18 Å². The molecule has 0 saturated heterocycles. The highest BCUT2D eigenvalue weighted by Gasteiger charge is 2.58. The molecule has 0 unspecified atom stereocenters. The minimum Gasteiger partial charge on any atom is -0.368 e. The Labute approximate surface area is 197 Å². The number of anilines is 3. The lowest BCUT2D eigenvalue weighted by molar-refractivity contribution is -0.137. The molecule has 1 spiro atoms. The van der Waals surface area contributed by atoms with E-state index in [1.54, 1.807) is 24.1 Å². The first-order valence-electron chi connectivity index (χ1n) is 10.7. The van der Waals surface area contributed by atoms with E-state index in [4.69, 9.17) is 5.73 Å². The molecular weight excluding hydrogens is 466 g/mol. The summed E-state index contributed by atoms with van der Waals surface area (Å²) in [7, 11) is 0. The highest BCUT2D eigenvalue weighted by molar-refractivity contribution is 6.07. The van der Waals surface area contributed by atoms with Gasteiger partial charge in [0.1, 0.15) is 5.82 Å². The number of halogens is 4. The number of alkyl halides is 3. The first-order chi connectivity index (χ1) is 16.5. The van der Waals surface area contributed by atoms with Crippen LogP contribution in [0.25, 0.3) is 0 Å². The summed E-state index contributed by atoms with van der Waals surface area (Å²) in [5.74, 6) is -2.18. The fourth-order valence-corrected chi connectivity index (χ4v) is 4.37. The van der Waals surface area contributed by atoms with Gasteiger partial charge in [0.05, 0.1) is 28.8 Å². The molecule has 35 heavy (non-hydrogen) atoms. The molecule has 2 heterocycles. The van der Waals surface area contributed by atoms with Crippen LogP contribution in [0.1, 0.15) is 45.6 Å². The summed E-state index contributed by atoms with van der Waals surface area (Å²) in [6.45, 7) is 1.98. The standard InChI is InChI=1S/C24H19F4N5O2/c1-12-2-4-15(31-20(34)16-8-14(24(26,27)28)3-5-17(16)25)9-18(12)33-11-13-10-30-22(29)32-19(13)23(6-7-23)21(33)35/h2-5,8-10H,6-7,11H2,1H3,(H,31,34)(H2,29,30,32). The lowest BCUT2D eigenvalue weighted by Crippen LogP contribution is -2.45. The second kappa shape index (κ2) is 7.76. The van der Waals surface area contributed by atoms with Crippen LogP contribution in [0, 0.1) is 12.7 Å². The fraction of sp³-hybridized carbons (Fsp3) is 0.250. The Kier molecular flexibility index (Phi) is 5.04. The third-order valence-corrected chi connectivity index (χ3v) is 6.37. The van der Waals surface area contributed by atoms with E-state index in [2.05, 4.69) is 15.3 Å². The van der Waals surface area contributed by atoms with Gasteiger partial charge < -0.3 is 16.0 Å². The summed E-state index contributed by atoms with van der Waals surface area (Å²) in [5.41, 5.74) is 5.92. The van der Waals surface area contributed by atoms with Crippen molar-refractivity contribution in [2.45, 2.75) is 37.9 Å². The van der Waals surface area contributed by atoms with Gasteiger partial charge in [-0.3, -0.25) is 9.59 Å². The molecule has 7 nitrogen and oxygen atoms in total. The van der Waals surface area contributed by atoms with Gasteiger partial charge in [0.25, 0.3) is 5.91 Å². The van der Waals surface area contributed by atoms with E-state index in [0.29, 0.717) is 42.4 Å². The lowest BCUT2D eigenvalue weighted by Gasteiger charge is -2.34. The van der Waals surface area contributed by atoms with Crippen LogP contribution in [0.4, 0.5) is 34.9 Å². The minimum atomic E-state index is -4.72. The number of carbonyl (C=O) groups excluding carboxylic acids is 2. The Bertz CT molecular complexity index is 1380. The molecule has 1 aromatic heterocycles. The van der Waals surface area contributed by atoms with Gasteiger partial charge in [-0.15, -0.1) is 0 Å². The number of nitrogens with one attached hydrogen (secondary N) is 1. The van der Waals surface area contributed by atoms with Crippen LogP contribution in [-0.2, 0) is 22.9 Å². The number of aromatic nitrogens is 2. The van der Waals surface area contributed by atoms with E-state index in [-0.39, 0.29) is 24.1 Å². The molecule has 5 rings (SSSR count). The molecule has 2 aliphatic rings. The summed E-state index contributed by atoms with van der Waals surface area (Å²) < 4.78 is 53.2. The average molecular weight is 485 g/mol. The van der Waals surface area contributed by atoms with Crippen LogP contribution in [0.5, 0.6) is 0 Å². The smallest absolute Gasteiger partial charge is 0.368 e. The van der Waals surface area contributed by atoms with Crippen LogP contribution in [0.3, 0.4) is 0 Å². The van der Waals surface area contributed by atoms with E-state index in [0.717, 1.165) is 11.1 Å². The van der Waals surface area contributed by atoms with Crippen molar-refractivity contribution in [3.8, 4) is 0 Å². The molecule has 1 aliphatic carbocycles. The molecule has 3 aromatic rings. The molecule has 0 bridgehead atoms. The molecule has 180 valence electrons. The summed E-state index contributed by atoms with van der Waals surface area (Å²) in [6, 6.07) is 6.37. The predicted octanol–water partition coefficient (Wildman–Crippen LogP) is 4.36. The van der Waals surface area contributed by atoms with Gasteiger partial charge in [-0.1, -0.05) is 6.07 Å². The van der Waals surface area contributed by atoms with Crippen LogP contribution in [-0.4, -0.2) is 21.8 Å². The quantitative estimate of drug-likeness (QED) is 0.537. The van der Waals surface area contributed by atoms with E-state index >= 15 is 0 Å². The first-order valence-corrected chi connectivity index (χ1v) is 10.7. The second-order valence-electron chi connectivity index (χ2n) is 8.72. The number of amides is 2. The topological polar surface area (TPSA) is 101 Å². The first kappa shape index (κ1) is 22.8. The summed E-state index contributed by atoms with van der Waals surface area (Å²) in [6.07, 6.45) is -1.89. The van der Waals surface area contributed by atoms with Gasteiger partial charge in [-0.05, 0) is 55.7 Å². The third-order valence-electron chi connectivity index (χ3n) is 6.37. The van der Waals surface area contributed by atoms with Crippen molar-refractivity contribution in [3.05, 3.63) is 76.4 Å². The summed E-state index contributed by atoms with van der Waals surface area (Å²) >= 11 is 0. The number of nitrogens with two attached hydrogens (primary N) is 1. The molecule has 0 radical (unpaired) electrons. The average Bonchev–Trinajstić information content (AvgIpc) is 3.59. The van der Waals surface area contributed by atoms with Crippen LogP contribution >= 0.6 is 0 Å². The normalized spacial score (nSPS) is 16.3. The molecule has 1 aliphatic heterocycles. The molecule has 1 saturated carbocycles. The number of hydrogen-bond donors (Lipinski definition) is 2. The van der Waals surface area contributed by atoms with Gasteiger partial charge in [0.15, 0.2) is 0 Å². The Morgan fingerprint density at radius 1 is 1.17 bits per heavy atom. The zero-order chi connectivity index (χ0) is 25.1. The highest BCUT2D eigenvalue weighted by atomic mass is 19.4. The number of rotatable bonds is 3. The van der Waals surface area contributed by atoms with Crippen molar-refractivity contribution in [2.24, 2.45) is 0 Å². The summed E-state index contributed by atoms with van der Waals surface area (Å²) in [5, 5.41) is 2.44. The number of fused-ring (bicyclic) bond motifs is 2. The highest BCUT2D eigenvalue weighted by Crippen LogP contribution is 2.53. The maximum Gasteiger partial charge on any atom is 0.416 e. The van der Waals surface area contributed by atoms with Crippen molar-refractivity contribution in [2.75, 3.05) is 16.0 Å². The largest absolute Gasteiger partial charge is 0.416 e. The van der Waals surface area contributed by atoms with Gasteiger partial charge in [0.2, 0.25) is 11.9 Å². The minimum absolute atomic E-state index is 0.0963. The second-order valence-corrected chi connectivity index (χ2v) is 8.72. The van der Waals surface area contributed by atoms with E-state index in [1.165, 1.54) is 12.1 Å². The van der Waals surface area contributed by atoms with Crippen molar-refractivity contribution in [1.29, 1.82) is 0 Å². The number of nitrogens with zero attached hydrogens (tertiary/aromatic N) is 3. The number of benzene rings is 2. The molecule has 2 aromatic carbocycles. The molecule has 11 heteroatoms.